The second kappa shape index (κ2) is 12.5. The van der Waals surface area contributed by atoms with Crippen molar-refractivity contribution in [3.8, 4) is 5.75 Å². The van der Waals surface area contributed by atoms with Gasteiger partial charge in [-0.2, -0.15) is 0 Å². The number of benzene rings is 1. The van der Waals surface area contributed by atoms with Crippen LogP contribution in [0.2, 0.25) is 0 Å². The number of esters is 1. The molecule has 1 aliphatic rings. The molecule has 1 fully saturated rings. The Hall–Kier alpha value is -2.98. The number of aromatic nitrogens is 1. The number of rotatable bonds is 12. The molecule has 0 aliphatic carbocycles. The number of hydrogen-bond acceptors (Lipinski definition) is 8. The Bertz CT molecular complexity index is 1080. The van der Waals surface area contributed by atoms with E-state index in [9.17, 15) is 9.90 Å². The van der Waals surface area contributed by atoms with Crippen molar-refractivity contribution in [3.05, 3.63) is 83.6 Å². The normalized spacial score (nSPS) is 17.4. The highest BCUT2D eigenvalue weighted by Gasteiger charge is 2.52. The van der Waals surface area contributed by atoms with E-state index >= 15 is 0 Å². The van der Waals surface area contributed by atoms with Crippen LogP contribution in [0.1, 0.15) is 56.1 Å². The topological polar surface area (TPSA) is 96.3 Å². The Morgan fingerprint density at radius 1 is 1.14 bits per heavy atom. The van der Waals surface area contributed by atoms with E-state index < -0.39 is 30.4 Å². The van der Waals surface area contributed by atoms with Crippen LogP contribution < -0.4 is 4.74 Å². The molecular formula is C28H36BNO7. The number of methoxy groups -OCH3 is 1. The van der Waals surface area contributed by atoms with Crippen molar-refractivity contribution in [1.82, 2.24) is 4.98 Å². The van der Waals surface area contributed by atoms with Gasteiger partial charge in [-0.1, -0.05) is 30.9 Å². The molecular weight excluding hydrogens is 473 g/mol. The molecule has 9 heteroatoms. The van der Waals surface area contributed by atoms with Crippen LogP contribution in [0.3, 0.4) is 0 Å². The van der Waals surface area contributed by atoms with E-state index in [-0.39, 0.29) is 19.8 Å². The van der Waals surface area contributed by atoms with E-state index in [4.69, 9.17) is 23.5 Å². The van der Waals surface area contributed by atoms with Crippen LogP contribution in [0.25, 0.3) is 0 Å². The lowest BCUT2D eigenvalue weighted by atomic mass is 9.73. The number of carbonyl (C=O) groups is 1. The molecule has 1 atom stereocenters. The molecule has 37 heavy (non-hydrogen) atoms. The molecule has 0 saturated carbocycles. The molecule has 0 unspecified atom stereocenters. The lowest BCUT2D eigenvalue weighted by Gasteiger charge is -2.32. The molecule has 2 heterocycles. The van der Waals surface area contributed by atoms with Crippen molar-refractivity contribution in [2.45, 2.75) is 51.4 Å². The zero-order valence-electron chi connectivity index (χ0n) is 22.2. The molecule has 1 saturated heterocycles. The van der Waals surface area contributed by atoms with Gasteiger partial charge >= 0.3 is 13.1 Å². The SMILES string of the molecule is C=C(COC)/C(=C/C[C@@H](OC(=O)c1ccncc1)c1ccccc1OCCO)B1OC(C)(C)C(C)(C)O1. The van der Waals surface area contributed by atoms with Gasteiger partial charge in [-0.25, -0.2) is 4.79 Å². The molecule has 8 nitrogen and oxygen atoms in total. The quantitative estimate of drug-likeness (QED) is 0.254. The van der Waals surface area contributed by atoms with Gasteiger partial charge in [0.15, 0.2) is 0 Å². The molecule has 1 aliphatic heterocycles. The van der Waals surface area contributed by atoms with E-state index in [0.717, 1.165) is 5.47 Å². The van der Waals surface area contributed by atoms with Crippen LogP contribution in [-0.2, 0) is 18.8 Å². The van der Waals surface area contributed by atoms with Crippen molar-refractivity contribution in [3.63, 3.8) is 0 Å². The fraction of sp³-hybridized carbons (Fsp3) is 0.429. The first-order chi connectivity index (χ1) is 17.6. The van der Waals surface area contributed by atoms with E-state index in [1.165, 1.54) is 12.4 Å². The molecule has 1 N–H and O–H groups in total. The first-order valence-corrected chi connectivity index (χ1v) is 12.3. The summed E-state index contributed by atoms with van der Waals surface area (Å²) in [5.74, 6) is 0.0241. The number of para-hydroxylation sites is 1. The number of aliphatic hydroxyl groups is 1. The summed E-state index contributed by atoms with van der Waals surface area (Å²) in [5.41, 5.74) is 1.39. The van der Waals surface area contributed by atoms with Crippen LogP contribution >= 0.6 is 0 Å². The van der Waals surface area contributed by atoms with Crippen LogP contribution in [-0.4, -0.2) is 61.3 Å². The predicted molar refractivity (Wildman–Crippen MR) is 141 cm³/mol. The van der Waals surface area contributed by atoms with E-state index in [2.05, 4.69) is 11.6 Å². The van der Waals surface area contributed by atoms with Gasteiger partial charge in [0.25, 0.3) is 0 Å². The smallest absolute Gasteiger partial charge is 0.491 e. The highest BCUT2D eigenvalue weighted by Crippen LogP contribution is 2.40. The van der Waals surface area contributed by atoms with Crippen molar-refractivity contribution >= 4 is 13.1 Å². The highest BCUT2D eigenvalue weighted by molar-refractivity contribution is 6.56. The summed E-state index contributed by atoms with van der Waals surface area (Å²) in [4.78, 5) is 17.0. The number of pyridine rings is 1. The molecule has 0 radical (unpaired) electrons. The van der Waals surface area contributed by atoms with Crippen LogP contribution in [0.15, 0.2) is 72.5 Å². The number of nitrogens with zero attached hydrogens (tertiary/aromatic N) is 1. The summed E-state index contributed by atoms with van der Waals surface area (Å²) in [6, 6.07) is 10.5. The molecule has 2 aromatic rings. The largest absolute Gasteiger partial charge is 0.494 e. The fourth-order valence-corrected chi connectivity index (χ4v) is 3.83. The Kier molecular flexibility index (Phi) is 9.67. The maximum absolute atomic E-state index is 13.0. The van der Waals surface area contributed by atoms with Crippen molar-refractivity contribution < 1.29 is 33.4 Å². The zero-order valence-corrected chi connectivity index (χ0v) is 22.2. The molecule has 0 spiro atoms. The van der Waals surface area contributed by atoms with E-state index in [1.54, 1.807) is 25.3 Å². The fourth-order valence-electron chi connectivity index (χ4n) is 3.83. The van der Waals surface area contributed by atoms with E-state index in [1.807, 2.05) is 52.0 Å². The van der Waals surface area contributed by atoms with E-state index in [0.29, 0.717) is 28.9 Å². The summed E-state index contributed by atoms with van der Waals surface area (Å²) in [6.07, 6.45) is 4.57. The third-order valence-electron chi connectivity index (χ3n) is 6.57. The number of hydrogen-bond donors (Lipinski definition) is 1. The standard InChI is InChI=1S/C28H36BNO7/c1-20(19-33-6)23(29-36-27(2,3)28(4,5)37-29)11-12-25(35-26(32)21-13-15-30-16-14-21)22-9-7-8-10-24(22)34-18-17-31/h7-11,13-16,25,31H,1,12,17-19H2,2-6H3/b23-11-/t25-/m1/s1. The maximum Gasteiger partial charge on any atom is 0.494 e. The van der Waals surface area contributed by atoms with Gasteiger partial charge in [0, 0.05) is 31.5 Å². The first kappa shape index (κ1) is 28.6. The molecule has 0 bridgehead atoms. The van der Waals surface area contributed by atoms with Gasteiger partial charge in [0.05, 0.1) is 30.0 Å². The van der Waals surface area contributed by atoms with Crippen molar-refractivity contribution in [2.24, 2.45) is 0 Å². The summed E-state index contributed by atoms with van der Waals surface area (Å²) in [5, 5.41) is 9.27. The molecule has 1 aromatic carbocycles. The third-order valence-corrected chi connectivity index (χ3v) is 6.57. The van der Waals surface area contributed by atoms with Crippen LogP contribution in [0.5, 0.6) is 5.75 Å². The minimum absolute atomic E-state index is 0.113. The van der Waals surface area contributed by atoms with Gasteiger partial charge in [0.2, 0.25) is 0 Å². The molecule has 0 amide bonds. The highest BCUT2D eigenvalue weighted by atomic mass is 16.7. The summed E-state index contributed by atoms with van der Waals surface area (Å²) >= 11 is 0. The number of aliphatic hydroxyl groups excluding tert-OH is 1. The Labute approximate surface area is 219 Å². The summed E-state index contributed by atoms with van der Waals surface area (Å²) in [7, 11) is 0.936. The molecule has 198 valence electrons. The zero-order chi connectivity index (χ0) is 27.1. The third kappa shape index (κ3) is 7.08. The van der Waals surface area contributed by atoms with Gasteiger partial charge in [0.1, 0.15) is 18.5 Å². The maximum atomic E-state index is 13.0. The number of ether oxygens (including phenoxy) is 3. The minimum Gasteiger partial charge on any atom is -0.491 e. The van der Waals surface area contributed by atoms with Crippen LogP contribution in [0, 0.1) is 0 Å². The Morgan fingerprint density at radius 2 is 1.78 bits per heavy atom. The lowest BCUT2D eigenvalue weighted by molar-refractivity contribution is 0.00578. The minimum atomic E-state index is -0.705. The average Bonchev–Trinajstić information content (AvgIpc) is 3.09. The van der Waals surface area contributed by atoms with Crippen LogP contribution in [0.4, 0.5) is 0 Å². The Balaban J connectivity index is 1.97. The lowest BCUT2D eigenvalue weighted by Crippen LogP contribution is -2.41. The second-order valence-electron chi connectivity index (χ2n) is 9.76. The Morgan fingerprint density at radius 3 is 2.41 bits per heavy atom. The molecule has 3 rings (SSSR count). The predicted octanol–water partition coefficient (Wildman–Crippen LogP) is 4.50. The van der Waals surface area contributed by atoms with Crippen molar-refractivity contribution in [1.29, 1.82) is 0 Å². The van der Waals surface area contributed by atoms with Gasteiger partial charge in [-0.05, 0) is 56.9 Å². The van der Waals surface area contributed by atoms with Gasteiger partial charge < -0.3 is 28.6 Å². The van der Waals surface area contributed by atoms with Crippen molar-refractivity contribution in [2.75, 3.05) is 26.9 Å². The number of carbonyl (C=O) groups excluding carboxylic acids is 1. The average molecular weight is 509 g/mol. The first-order valence-electron chi connectivity index (χ1n) is 12.3. The summed E-state index contributed by atoms with van der Waals surface area (Å²) < 4.78 is 29.6. The monoisotopic (exact) mass is 509 g/mol. The van der Waals surface area contributed by atoms with Gasteiger partial charge in [-0.15, -0.1) is 0 Å². The van der Waals surface area contributed by atoms with Gasteiger partial charge in [-0.3, -0.25) is 4.98 Å². The summed E-state index contributed by atoms with van der Waals surface area (Å²) in [6.45, 7) is 12.4. The molecule has 1 aromatic heterocycles. The second-order valence-corrected chi connectivity index (χ2v) is 9.76.